The van der Waals surface area contributed by atoms with E-state index in [1.807, 2.05) is 81.4 Å². The van der Waals surface area contributed by atoms with Gasteiger partial charge in [0, 0.05) is 36.5 Å². The lowest BCUT2D eigenvalue weighted by Gasteiger charge is -2.17. The van der Waals surface area contributed by atoms with Crippen LogP contribution in [0.5, 0.6) is 0 Å². The second kappa shape index (κ2) is 8.86. The Kier molecular flexibility index (Phi) is 5.82. The Labute approximate surface area is 187 Å². The minimum atomic E-state index is 0.330. The summed E-state index contributed by atoms with van der Waals surface area (Å²) in [5.41, 5.74) is 6.44. The summed E-state index contributed by atoms with van der Waals surface area (Å²) in [5, 5.41) is 8.39. The van der Waals surface area contributed by atoms with Crippen molar-refractivity contribution in [1.29, 1.82) is 0 Å². The Balaban J connectivity index is 1.77. The van der Waals surface area contributed by atoms with Crippen molar-refractivity contribution in [3.8, 4) is 46.1 Å². The van der Waals surface area contributed by atoms with Crippen molar-refractivity contribution in [2.24, 2.45) is 0 Å². The first kappa shape index (κ1) is 21.0. The Morgan fingerprint density at radius 2 is 1.78 bits per heavy atom. The fraction of sp³-hybridized carbons (Fsp3) is 0.154. The van der Waals surface area contributed by atoms with E-state index in [0.29, 0.717) is 28.9 Å². The molecule has 2 aromatic heterocycles. The van der Waals surface area contributed by atoms with Crippen molar-refractivity contribution >= 4 is 5.70 Å². The molecule has 0 fully saturated rings. The minimum Gasteiger partial charge on any atom is -0.415 e. The molecule has 158 valence electrons. The van der Waals surface area contributed by atoms with Crippen molar-refractivity contribution in [2.45, 2.75) is 13.8 Å². The number of aromatic nitrogens is 4. The molecular weight excluding hydrogens is 398 g/mol. The largest absolute Gasteiger partial charge is 0.415 e. The lowest BCUT2D eigenvalue weighted by Crippen LogP contribution is -2.09. The number of hydrogen-bond donors (Lipinski definition) is 0. The summed E-state index contributed by atoms with van der Waals surface area (Å²) < 4.78 is 5.91. The summed E-state index contributed by atoms with van der Waals surface area (Å²) in [4.78, 5) is 11.3. The second-order valence-corrected chi connectivity index (χ2v) is 7.44. The maximum Gasteiger partial charge on any atom is 0.268 e. The Morgan fingerprint density at radius 1 is 1.03 bits per heavy atom. The molecule has 4 aromatic rings. The molecule has 2 heterocycles. The Morgan fingerprint density at radius 3 is 2.50 bits per heavy atom. The Hall–Kier alpha value is -4.24. The molecule has 4 rings (SSSR count). The molecule has 0 unspecified atom stereocenters. The average molecular weight is 422 g/mol. The zero-order valence-corrected chi connectivity index (χ0v) is 18.5. The zero-order valence-electron chi connectivity index (χ0n) is 18.5. The average Bonchev–Trinajstić information content (AvgIpc) is 3.30. The van der Waals surface area contributed by atoms with Crippen LogP contribution in [0.3, 0.4) is 0 Å². The highest BCUT2D eigenvalue weighted by Gasteiger charge is 2.17. The van der Waals surface area contributed by atoms with Gasteiger partial charge in [0.05, 0.1) is 17.6 Å². The Bertz CT molecular complexity index is 1340. The van der Waals surface area contributed by atoms with Crippen LogP contribution in [0.25, 0.3) is 40.0 Å². The summed E-state index contributed by atoms with van der Waals surface area (Å²) in [5.74, 6) is 6.94. The third-order valence-corrected chi connectivity index (χ3v) is 5.03. The van der Waals surface area contributed by atoms with E-state index in [4.69, 9.17) is 9.40 Å². The molecular formula is C26H23N5O. The summed E-state index contributed by atoms with van der Waals surface area (Å²) in [7, 11) is 3.93. The van der Waals surface area contributed by atoms with Crippen LogP contribution in [0, 0.1) is 18.8 Å². The lowest BCUT2D eigenvalue weighted by atomic mass is 10.00. The molecule has 0 spiro atoms. The van der Waals surface area contributed by atoms with Gasteiger partial charge in [-0.05, 0) is 37.6 Å². The van der Waals surface area contributed by atoms with Gasteiger partial charge in [-0.15, -0.1) is 16.1 Å². The molecule has 0 bridgehead atoms. The monoisotopic (exact) mass is 421 g/mol. The van der Waals surface area contributed by atoms with Gasteiger partial charge in [-0.3, -0.25) is 4.98 Å². The molecule has 0 aliphatic heterocycles. The molecule has 6 heteroatoms. The van der Waals surface area contributed by atoms with Gasteiger partial charge < -0.3 is 9.32 Å². The van der Waals surface area contributed by atoms with Gasteiger partial charge in [-0.25, -0.2) is 4.98 Å². The van der Waals surface area contributed by atoms with Crippen LogP contribution in [0.2, 0.25) is 0 Å². The third kappa shape index (κ3) is 4.14. The van der Waals surface area contributed by atoms with Crippen LogP contribution in [-0.4, -0.2) is 39.2 Å². The van der Waals surface area contributed by atoms with Gasteiger partial charge in [0.15, 0.2) is 0 Å². The number of hydrogen-bond acceptors (Lipinski definition) is 6. The molecule has 0 saturated heterocycles. The van der Waals surface area contributed by atoms with Crippen molar-refractivity contribution < 1.29 is 4.42 Å². The summed E-state index contributed by atoms with van der Waals surface area (Å²) in [6.07, 6.45) is 1.74. The van der Waals surface area contributed by atoms with E-state index in [1.54, 1.807) is 6.20 Å². The van der Waals surface area contributed by atoms with E-state index < -0.39 is 0 Å². The number of benzene rings is 2. The van der Waals surface area contributed by atoms with Gasteiger partial charge in [-0.2, -0.15) is 0 Å². The second-order valence-electron chi connectivity index (χ2n) is 7.44. The van der Waals surface area contributed by atoms with Gasteiger partial charge in [0.2, 0.25) is 5.89 Å². The van der Waals surface area contributed by atoms with Crippen LogP contribution >= 0.6 is 0 Å². The molecule has 0 aliphatic rings. The van der Waals surface area contributed by atoms with Crippen molar-refractivity contribution in [2.75, 3.05) is 14.1 Å². The highest BCUT2D eigenvalue weighted by Crippen LogP contribution is 2.29. The number of rotatable bonds is 5. The van der Waals surface area contributed by atoms with E-state index in [0.717, 1.165) is 28.0 Å². The molecule has 2 aromatic carbocycles. The summed E-state index contributed by atoms with van der Waals surface area (Å²) in [6.45, 7) is 7.83. The first-order chi connectivity index (χ1) is 15.5. The van der Waals surface area contributed by atoms with Crippen LogP contribution in [0.4, 0.5) is 0 Å². The molecule has 0 amide bonds. The van der Waals surface area contributed by atoms with Gasteiger partial charge in [0.25, 0.3) is 5.89 Å². The zero-order chi connectivity index (χ0) is 22.7. The maximum absolute atomic E-state index is 5.91. The molecule has 6 nitrogen and oxygen atoms in total. The molecule has 0 radical (unpaired) electrons. The van der Waals surface area contributed by atoms with E-state index >= 15 is 0 Å². The first-order valence-electron chi connectivity index (χ1n) is 10.1. The standard InChI is InChI=1S/C26H23N5O/c1-6-10-21-15-20(18(3)31(4)5)13-14-22(21)23-16-27-17(2)24(28-23)26-30-29-25(32-26)19-11-8-7-9-12-19/h7-9,11-16H,3H2,1-2,4-5H3. The van der Waals surface area contributed by atoms with Crippen LogP contribution in [-0.2, 0) is 0 Å². The molecule has 0 saturated carbocycles. The molecule has 0 N–H and O–H groups in total. The third-order valence-electron chi connectivity index (χ3n) is 5.03. The fourth-order valence-electron chi connectivity index (χ4n) is 3.24. The van der Waals surface area contributed by atoms with Crippen LogP contribution in [0.15, 0.2) is 65.7 Å². The van der Waals surface area contributed by atoms with Crippen LogP contribution in [0.1, 0.15) is 23.7 Å². The smallest absolute Gasteiger partial charge is 0.268 e. The van der Waals surface area contributed by atoms with E-state index in [9.17, 15) is 0 Å². The van der Waals surface area contributed by atoms with Crippen molar-refractivity contribution in [1.82, 2.24) is 25.1 Å². The van der Waals surface area contributed by atoms with Gasteiger partial charge in [0.1, 0.15) is 5.69 Å². The summed E-state index contributed by atoms with van der Waals surface area (Å²) >= 11 is 0. The lowest BCUT2D eigenvalue weighted by molar-refractivity contribution is 0.581. The van der Waals surface area contributed by atoms with Gasteiger partial charge in [-0.1, -0.05) is 42.8 Å². The molecule has 0 atom stereocenters. The number of aryl methyl sites for hydroxylation is 1. The predicted molar refractivity (Wildman–Crippen MR) is 126 cm³/mol. The summed E-state index contributed by atoms with van der Waals surface area (Å²) in [6, 6.07) is 15.7. The van der Waals surface area contributed by atoms with E-state index in [2.05, 4.69) is 33.6 Å². The van der Waals surface area contributed by atoms with Gasteiger partial charge >= 0.3 is 0 Å². The minimum absolute atomic E-state index is 0.330. The highest BCUT2D eigenvalue weighted by atomic mass is 16.4. The normalized spacial score (nSPS) is 10.4. The first-order valence-corrected chi connectivity index (χ1v) is 10.1. The van der Waals surface area contributed by atoms with E-state index in [-0.39, 0.29) is 0 Å². The van der Waals surface area contributed by atoms with Crippen LogP contribution < -0.4 is 0 Å². The maximum atomic E-state index is 5.91. The number of nitrogens with zero attached hydrogens (tertiary/aromatic N) is 5. The fourth-order valence-corrected chi connectivity index (χ4v) is 3.24. The molecule has 32 heavy (non-hydrogen) atoms. The van der Waals surface area contributed by atoms with Crippen molar-refractivity contribution in [3.05, 3.63) is 78.1 Å². The SMILES string of the molecule is C=C(c1ccc(-c2cnc(C)c(-c3nnc(-c4ccccc4)o3)n2)c(C#CC)c1)N(C)C. The topological polar surface area (TPSA) is 67.9 Å². The quantitative estimate of drug-likeness (QED) is 0.419. The molecule has 0 aliphatic carbocycles. The van der Waals surface area contributed by atoms with E-state index in [1.165, 1.54) is 0 Å². The highest BCUT2D eigenvalue weighted by molar-refractivity contribution is 5.74. The predicted octanol–water partition coefficient (Wildman–Crippen LogP) is 5.07. The van der Waals surface area contributed by atoms with Crippen molar-refractivity contribution in [3.63, 3.8) is 0 Å².